The van der Waals surface area contributed by atoms with Crippen molar-refractivity contribution in [2.45, 2.75) is 13.5 Å². The van der Waals surface area contributed by atoms with Crippen LogP contribution in [-0.2, 0) is 11.3 Å². The van der Waals surface area contributed by atoms with Crippen LogP contribution in [0.1, 0.15) is 11.8 Å². The predicted octanol–water partition coefficient (Wildman–Crippen LogP) is 2.26. The smallest absolute Gasteiger partial charge is 0.323 e. The largest absolute Gasteiger partial charge is 0.493 e. The number of hydrogen-bond acceptors (Lipinski definition) is 4. The van der Waals surface area contributed by atoms with E-state index in [-0.39, 0.29) is 12.4 Å². The van der Waals surface area contributed by atoms with Crippen LogP contribution < -0.4 is 0 Å². The Morgan fingerprint density at radius 1 is 1.73 bits per heavy atom. The van der Waals surface area contributed by atoms with E-state index < -0.39 is 5.97 Å². The van der Waals surface area contributed by atoms with Gasteiger partial charge < -0.3 is 10.2 Å². The first kappa shape index (κ1) is 11.7. The number of carboxylic acid groups (broad SMARTS) is 1. The second-order valence-corrected chi connectivity index (χ2v) is 4.31. The van der Waals surface area contributed by atoms with Crippen molar-refractivity contribution in [1.82, 2.24) is 4.57 Å². The van der Waals surface area contributed by atoms with Crippen molar-refractivity contribution < 1.29 is 15.0 Å². The highest BCUT2D eigenvalue weighted by Crippen LogP contribution is 2.26. The minimum Gasteiger partial charge on any atom is -0.493 e. The van der Waals surface area contributed by atoms with Crippen molar-refractivity contribution in [3.63, 3.8) is 0 Å². The number of aromatic hydroxyl groups is 1. The highest BCUT2D eigenvalue weighted by molar-refractivity contribution is 7.73. The van der Waals surface area contributed by atoms with Crippen molar-refractivity contribution in [2.24, 2.45) is 0 Å². The number of carbonyl (C=O) groups is 1. The zero-order valence-corrected chi connectivity index (χ0v) is 9.56. The van der Waals surface area contributed by atoms with E-state index in [0.29, 0.717) is 8.83 Å². The maximum atomic E-state index is 10.5. The van der Waals surface area contributed by atoms with Crippen LogP contribution in [0.3, 0.4) is 0 Å². The SMILES string of the molecule is CC=C=Cc1sc(=S)n(CC(=O)O)c1O. The molecule has 1 rings (SSSR count). The molecule has 15 heavy (non-hydrogen) atoms. The molecule has 0 aliphatic heterocycles. The third-order valence-electron chi connectivity index (χ3n) is 1.57. The monoisotopic (exact) mass is 243 g/mol. The van der Waals surface area contributed by atoms with Crippen molar-refractivity contribution in [3.8, 4) is 5.88 Å². The lowest BCUT2D eigenvalue weighted by atomic mass is 10.4. The van der Waals surface area contributed by atoms with Crippen LogP contribution in [0.5, 0.6) is 5.88 Å². The predicted molar refractivity (Wildman–Crippen MR) is 60.7 cm³/mol. The molecule has 1 heterocycles. The van der Waals surface area contributed by atoms with E-state index in [0.717, 1.165) is 11.3 Å². The molecule has 0 unspecified atom stereocenters. The molecule has 0 radical (unpaired) electrons. The fourth-order valence-corrected chi connectivity index (χ4v) is 2.14. The van der Waals surface area contributed by atoms with Crippen LogP contribution in [0.15, 0.2) is 11.8 Å². The van der Waals surface area contributed by atoms with Gasteiger partial charge in [0.25, 0.3) is 0 Å². The zero-order chi connectivity index (χ0) is 11.4. The third-order valence-corrected chi connectivity index (χ3v) is 2.95. The molecule has 1 aromatic heterocycles. The Morgan fingerprint density at radius 3 is 2.93 bits per heavy atom. The summed E-state index contributed by atoms with van der Waals surface area (Å²) in [5.74, 6) is -1.16. The molecule has 80 valence electrons. The van der Waals surface area contributed by atoms with E-state index in [1.807, 2.05) is 0 Å². The third kappa shape index (κ3) is 2.79. The maximum absolute atomic E-state index is 10.5. The van der Waals surface area contributed by atoms with Crippen LogP contribution in [0.4, 0.5) is 0 Å². The van der Waals surface area contributed by atoms with Gasteiger partial charge in [0.1, 0.15) is 6.54 Å². The van der Waals surface area contributed by atoms with E-state index in [4.69, 9.17) is 17.3 Å². The van der Waals surface area contributed by atoms with Crippen molar-refractivity contribution in [1.29, 1.82) is 0 Å². The lowest BCUT2D eigenvalue weighted by molar-refractivity contribution is -0.137. The molecule has 0 aromatic carbocycles. The van der Waals surface area contributed by atoms with Gasteiger partial charge in [0.05, 0.1) is 4.88 Å². The maximum Gasteiger partial charge on any atom is 0.323 e. The van der Waals surface area contributed by atoms with Crippen molar-refractivity contribution in [2.75, 3.05) is 0 Å². The molecule has 2 N–H and O–H groups in total. The molecule has 1 aromatic rings. The number of hydrogen-bond donors (Lipinski definition) is 2. The van der Waals surface area contributed by atoms with Crippen molar-refractivity contribution >= 4 is 35.6 Å². The van der Waals surface area contributed by atoms with Gasteiger partial charge in [0, 0.05) is 6.08 Å². The highest BCUT2D eigenvalue weighted by atomic mass is 32.1. The Bertz CT molecular complexity index is 492. The minimum absolute atomic E-state index is 0.123. The number of aliphatic carboxylic acids is 1. The fourth-order valence-electron chi connectivity index (χ4n) is 0.942. The quantitative estimate of drug-likeness (QED) is 0.631. The Kier molecular flexibility index (Phi) is 3.85. The summed E-state index contributed by atoms with van der Waals surface area (Å²) in [5, 5.41) is 18.2. The van der Waals surface area contributed by atoms with Gasteiger partial charge in [0.15, 0.2) is 3.95 Å². The molecule has 6 heteroatoms. The van der Waals surface area contributed by atoms with Crippen LogP contribution in [-0.4, -0.2) is 20.7 Å². The standard InChI is InChI=1S/C9H9NO3S2/c1-2-3-4-6-8(13)10(5-7(11)12)9(14)15-6/h2,4,13H,5H2,1H3,(H,11,12). The number of carboxylic acids is 1. The molecular formula is C9H9NO3S2. The first-order chi connectivity index (χ1) is 7.06. The van der Waals surface area contributed by atoms with Gasteiger partial charge in [0.2, 0.25) is 5.88 Å². The number of aromatic nitrogens is 1. The van der Waals surface area contributed by atoms with Gasteiger partial charge in [-0.15, -0.1) is 17.1 Å². The van der Waals surface area contributed by atoms with Crippen LogP contribution in [0, 0.1) is 3.95 Å². The first-order valence-corrected chi connectivity index (χ1v) is 5.30. The summed E-state index contributed by atoms with van der Waals surface area (Å²) in [4.78, 5) is 11.0. The first-order valence-electron chi connectivity index (χ1n) is 4.07. The summed E-state index contributed by atoms with van der Waals surface area (Å²) >= 11 is 6.08. The normalized spacial score (nSPS) is 9.40. The minimum atomic E-state index is -1.04. The van der Waals surface area contributed by atoms with Crippen molar-refractivity contribution in [3.05, 3.63) is 20.6 Å². The second-order valence-electron chi connectivity index (χ2n) is 2.64. The summed E-state index contributed by atoms with van der Waals surface area (Å²) in [6, 6.07) is 0. The summed E-state index contributed by atoms with van der Waals surface area (Å²) in [6.45, 7) is 1.46. The molecular weight excluding hydrogens is 234 g/mol. The van der Waals surface area contributed by atoms with Crippen LogP contribution in [0.25, 0.3) is 6.08 Å². The average molecular weight is 243 g/mol. The molecule has 0 saturated heterocycles. The number of rotatable bonds is 3. The molecule has 0 bridgehead atoms. The van der Waals surface area contributed by atoms with E-state index in [9.17, 15) is 9.90 Å². The van der Waals surface area contributed by atoms with E-state index in [1.54, 1.807) is 19.1 Å². The summed E-state index contributed by atoms with van der Waals surface area (Å²) in [6.07, 6.45) is 3.25. The molecule has 4 nitrogen and oxygen atoms in total. The van der Waals surface area contributed by atoms with Crippen LogP contribution >= 0.6 is 23.6 Å². The van der Waals surface area contributed by atoms with Gasteiger partial charge in [-0.25, -0.2) is 0 Å². The van der Waals surface area contributed by atoms with Crippen LogP contribution in [0.2, 0.25) is 0 Å². The second kappa shape index (κ2) is 4.93. The average Bonchev–Trinajstić information content (AvgIpc) is 2.42. The lowest BCUT2D eigenvalue weighted by Crippen LogP contribution is -2.07. The topological polar surface area (TPSA) is 62.5 Å². The van der Waals surface area contributed by atoms with E-state index >= 15 is 0 Å². The van der Waals surface area contributed by atoms with Gasteiger partial charge in [-0.1, -0.05) is 0 Å². The molecule has 0 aliphatic carbocycles. The molecule has 0 amide bonds. The van der Waals surface area contributed by atoms with E-state index in [2.05, 4.69) is 5.73 Å². The molecule has 0 atom stereocenters. The van der Waals surface area contributed by atoms with Gasteiger partial charge in [-0.2, -0.15) is 0 Å². The fraction of sp³-hybridized carbons (Fsp3) is 0.222. The van der Waals surface area contributed by atoms with Gasteiger partial charge in [-0.3, -0.25) is 9.36 Å². The Labute approximate surface area is 95.4 Å². The number of thiazole rings is 1. The molecule has 0 saturated carbocycles. The molecule has 0 fully saturated rings. The highest BCUT2D eigenvalue weighted by Gasteiger charge is 2.11. The van der Waals surface area contributed by atoms with Gasteiger partial charge in [-0.05, 0) is 25.2 Å². The Hall–Kier alpha value is -1.36. The molecule has 0 aliphatic rings. The van der Waals surface area contributed by atoms with Gasteiger partial charge >= 0.3 is 5.97 Å². The number of nitrogens with zero attached hydrogens (tertiary/aromatic N) is 1. The Balaban J connectivity index is 3.20. The zero-order valence-electron chi connectivity index (χ0n) is 7.93. The lowest BCUT2D eigenvalue weighted by Gasteiger charge is -1.98. The summed E-state index contributed by atoms with van der Waals surface area (Å²) in [5.41, 5.74) is 2.79. The summed E-state index contributed by atoms with van der Waals surface area (Å²) < 4.78 is 1.50. The number of allylic oxidation sites excluding steroid dienone is 1. The molecule has 0 spiro atoms. The Morgan fingerprint density at radius 2 is 2.40 bits per heavy atom. The van der Waals surface area contributed by atoms with E-state index in [1.165, 1.54) is 4.57 Å². The summed E-state index contributed by atoms with van der Waals surface area (Å²) in [7, 11) is 0.